The maximum atomic E-state index is 14.5. The Hall–Kier alpha value is -2.17. The highest BCUT2D eigenvalue weighted by atomic mass is 35.5. The van der Waals surface area contributed by atoms with E-state index in [1.807, 2.05) is 23.1 Å². The van der Waals surface area contributed by atoms with E-state index in [1.54, 1.807) is 24.3 Å². The summed E-state index contributed by atoms with van der Waals surface area (Å²) < 4.78 is 14.5. The molecule has 0 unspecified atom stereocenters. The lowest BCUT2D eigenvalue weighted by Gasteiger charge is -2.35. The second-order valence-corrected chi connectivity index (χ2v) is 6.71. The zero-order valence-electron chi connectivity index (χ0n) is 14.8. The molecule has 1 aliphatic heterocycles. The van der Waals surface area contributed by atoms with Crippen molar-refractivity contribution >= 4 is 29.1 Å². The van der Waals surface area contributed by atoms with Gasteiger partial charge in [0.05, 0.1) is 5.69 Å². The molecule has 0 N–H and O–H groups in total. The van der Waals surface area contributed by atoms with Gasteiger partial charge in [-0.25, -0.2) is 4.39 Å². The second kappa shape index (κ2) is 8.47. The Morgan fingerprint density at radius 2 is 1.88 bits per heavy atom. The number of anilines is 1. The number of benzene rings is 2. The Kier molecular flexibility index (Phi) is 6.07. The summed E-state index contributed by atoms with van der Waals surface area (Å²) in [7, 11) is 0. The van der Waals surface area contributed by atoms with Gasteiger partial charge in [-0.15, -0.1) is 0 Å². The van der Waals surface area contributed by atoms with E-state index in [0.717, 1.165) is 38.3 Å². The molecule has 0 amide bonds. The first-order valence-corrected chi connectivity index (χ1v) is 9.20. The molecule has 5 heteroatoms. The van der Waals surface area contributed by atoms with Crippen molar-refractivity contribution in [2.45, 2.75) is 6.92 Å². The first-order valence-electron chi connectivity index (χ1n) is 8.82. The molecule has 0 saturated carbocycles. The minimum atomic E-state index is -0.355. The van der Waals surface area contributed by atoms with Crippen LogP contribution in [0.1, 0.15) is 22.8 Å². The molecule has 2 aromatic rings. The lowest BCUT2D eigenvalue weighted by atomic mass is 10.1. The van der Waals surface area contributed by atoms with Crippen molar-refractivity contribution in [2.24, 2.45) is 0 Å². The summed E-state index contributed by atoms with van der Waals surface area (Å²) in [5.74, 6) is -0.599. The third-order valence-electron chi connectivity index (χ3n) is 4.71. The predicted octanol–water partition coefficient (Wildman–Crippen LogP) is 4.52. The molecule has 0 atom stereocenters. The van der Waals surface area contributed by atoms with Crippen molar-refractivity contribution in [3.63, 3.8) is 0 Å². The zero-order chi connectivity index (χ0) is 18.5. The smallest absolute Gasteiger partial charge is 0.185 e. The van der Waals surface area contributed by atoms with Crippen molar-refractivity contribution in [3.05, 3.63) is 70.5 Å². The number of carbonyl (C=O) groups excluding carboxylic acids is 1. The van der Waals surface area contributed by atoms with Gasteiger partial charge in [0, 0.05) is 36.8 Å². The first kappa shape index (κ1) is 18.6. The number of ketones is 1. The topological polar surface area (TPSA) is 23.6 Å². The number of hydrogen-bond donors (Lipinski definition) is 0. The summed E-state index contributed by atoms with van der Waals surface area (Å²) in [6.07, 6.45) is 3.08. The van der Waals surface area contributed by atoms with Crippen LogP contribution in [0.5, 0.6) is 0 Å². The van der Waals surface area contributed by atoms with Crippen LogP contribution in [0.4, 0.5) is 10.1 Å². The molecule has 1 heterocycles. The SMILES string of the molecule is CCN1CCN(c2ccc(C(=O)/C=C/c3ccccc3Cl)cc2F)CC1. The Balaban J connectivity index is 1.71. The molecule has 26 heavy (non-hydrogen) atoms. The van der Waals surface area contributed by atoms with Gasteiger partial charge in [0.1, 0.15) is 5.82 Å². The van der Waals surface area contributed by atoms with Gasteiger partial charge < -0.3 is 9.80 Å². The molecule has 0 radical (unpaired) electrons. The van der Waals surface area contributed by atoms with E-state index in [9.17, 15) is 9.18 Å². The summed E-state index contributed by atoms with van der Waals surface area (Å²) in [5.41, 5.74) is 1.66. The van der Waals surface area contributed by atoms with Crippen LogP contribution in [0.25, 0.3) is 6.08 Å². The van der Waals surface area contributed by atoms with Gasteiger partial charge in [-0.2, -0.15) is 0 Å². The second-order valence-electron chi connectivity index (χ2n) is 6.31. The van der Waals surface area contributed by atoms with E-state index < -0.39 is 0 Å². The molecule has 2 aromatic carbocycles. The number of halogens is 2. The van der Waals surface area contributed by atoms with Gasteiger partial charge >= 0.3 is 0 Å². The van der Waals surface area contributed by atoms with E-state index in [0.29, 0.717) is 16.3 Å². The number of hydrogen-bond acceptors (Lipinski definition) is 3. The lowest BCUT2D eigenvalue weighted by Crippen LogP contribution is -2.46. The van der Waals surface area contributed by atoms with E-state index in [4.69, 9.17) is 11.6 Å². The summed E-state index contributed by atoms with van der Waals surface area (Å²) in [6.45, 7) is 6.59. The maximum Gasteiger partial charge on any atom is 0.185 e. The molecule has 136 valence electrons. The molecule has 3 rings (SSSR count). The van der Waals surface area contributed by atoms with E-state index in [1.165, 1.54) is 12.1 Å². The van der Waals surface area contributed by atoms with Crippen molar-refractivity contribution in [2.75, 3.05) is 37.6 Å². The Labute approximate surface area is 158 Å². The number of carbonyl (C=O) groups is 1. The van der Waals surface area contributed by atoms with Crippen LogP contribution in [0.2, 0.25) is 5.02 Å². The molecule has 1 saturated heterocycles. The summed E-state index contributed by atoms with van der Waals surface area (Å²) in [6, 6.07) is 12.0. The minimum absolute atomic E-state index is 0.244. The van der Waals surface area contributed by atoms with Gasteiger partial charge in [0.2, 0.25) is 0 Å². The fourth-order valence-corrected chi connectivity index (χ4v) is 3.29. The van der Waals surface area contributed by atoms with Gasteiger partial charge in [-0.3, -0.25) is 4.79 Å². The van der Waals surface area contributed by atoms with Crippen molar-refractivity contribution < 1.29 is 9.18 Å². The van der Waals surface area contributed by atoms with Crippen LogP contribution in [-0.2, 0) is 0 Å². The van der Waals surface area contributed by atoms with Gasteiger partial charge in [0.25, 0.3) is 0 Å². The van der Waals surface area contributed by atoms with Gasteiger partial charge in [-0.05, 0) is 48.5 Å². The molecule has 0 bridgehead atoms. The summed E-state index contributed by atoms with van der Waals surface area (Å²) in [5, 5.41) is 0.573. The minimum Gasteiger partial charge on any atom is -0.367 e. The number of nitrogens with zero attached hydrogens (tertiary/aromatic N) is 2. The quantitative estimate of drug-likeness (QED) is 0.569. The van der Waals surface area contributed by atoms with Crippen molar-refractivity contribution in [1.29, 1.82) is 0 Å². The normalized spacial score (nSPS) is 15.6. The Bertz CT molecular complexity index is 813. The average molecular weight is 373 g/mol. The number of rotatable bonds is 5. The van der Waals surface area contributed by atoms with E-state index in [2.05, 4.69) is 11.8 Å². The highest BCUT2D eigenvalue weighted by molar-refractivity contribution is 6.32. The maximum absolute atomic E-state index is 14.5. The fraction of sp³-hybridized carbons (Fsp3) is 0.286. The number of likely N-dealkylation sites (N-methyl/N-ethyl adjacent to an activating group) is 1. The molecule has 0 spiro atoms. The fourth-order valence-electron chi connectivity index (χ4n) is 3.09. The third kappa shape index (κ3) is 4.32. The van der Waals surface area contributed by atoms with Gasteiger partial charge in [-0.1, -0.05) is 36.7 Å². The first-order chi connectivity index (χ1) is 12.6. The van der Waals surface area contributed by atoms with Crippen LogP contribution in [0, 0.1) is 5.82 Å². The number of piperazine rings is 1. The van der Waals surface area contributed by atoms with Crippen LogP contribution in [0.3, 0.4) is 0 Å². The molecule has 1 fully saturated rings. The van der Waals surface area contributed by atoms with E-state index >= 15 is 0 Å². The Morgan fingerprint density at radius 1 is 1.15 bits per heavy atom. The lowest BCUT2D eigenvalue weighted by molar-refractivity contribution is 0.104. The molecule has 1 aliphatic rings. The molecule has 0 aliphatic carbocycles. The standard InChI is InChI=1S/C21H22ClFN2O/c1-2-24-11-13-25(14-12-24)20-9-7-17(15-19(20)23)21(26)10-8-16-5-3-4-6-18(16)22/h3-10,15H,2,11-14H2,1H3/b10-8+. The Morgan fingerprint density at radius 3 is 2.54 bits per heavy atom. The summed E-state index contributed by atoms with van der Waals surface area (Å²) >= 11 is 6.07. The summed E-state index contributed by atoms with van der Waals surface area (Å²) in [4.78, 5) is 16.7. The van der Waals surface area contributed by atoms with Gasteiger partial charge in [0.15, 0.2) is 5.78 Å². The van der Waals surface area contributed by atoms with Crippen molar-refractivity contribution in [1.82, 2.24) is 4.90 Å². The highest BCUT2D eigenvalue weighted by Crippen LogP contribution is 2.23. The van der Waals surface area contributed by atoms with Crippen LogP contribution in [0.15, 0.2) is 48.5 Å². The third-order valence-corrected chi connectivity index (χ3v) is 5.06. The average Bonchev–Trinajstić information content (AvgIpc) is 2.67. The largest absolute Gasteiger partial charge is 0.367 e. The predicted molar refractivity (Wildman–Crippen MR) is 106 cm³/mol. The molecular weight excluding hydrogens is 351 g/mol. The van der Waals surface area contributed by atoms with Crippen LogP contribution < -0.4 is 4.90 Å². The zero-order valence-corrected chi connectivity index (χ0v) is 15.5. The van der Waals surface area contributed by atoms with Crippen LogP contribution in [-0.4, -0.2) is 43.4 Å². The van der Waals surface area contributed by atoms with Crippen LogP contribution >= 0.6 is 11.6 Å². The number of allylic oxidation sites excluding steroid dienone is 1. The van der Waals surface area contributed by atoms with E-state index in [-0.39, 0.29) is 11.6 Å². The monoisotopic (exact) mass is 372 g/mol. The molecular formula is C21H22ClFN2O. The molecule has 3 nitrogen and oxygen atoms in total. The van der Waals surface area contributed by atoms with Crippen molar-refractivity contribution in [3.8, 4) is 0 Å². The highest BCUT2D eigenvalue weighted by Gasteiger charge is 2.19. The molecule has 0 aromatic heterocycles.